The van der Waals surface area contributed by atoms with Crippen LogP contribution >= 0.6 is 12.6 Å². The molecule has 0 bridgehead atoms. The second-order valence-electron chi connectivity index (χ2n) is 3.75. The molecule has 1 amide bonds. The van der Waals surface area contributed by atoms with Gasteiger partial charge in [-0.2, -0.15) is 12.6 Å². The Labute approximate surface area is 90.9 Å². The van der Waals surface area contributed by atoms with Gasteiger partial charge in [-0.25, -0.2) is 0 Å². The molecule has 1 aliphatic heterocycles. The molecule has 1 saturated heterocycles. The van der Waals surface area contributed by atoms with E-state index in [1.807, 2.05) is 4.90 Å². The molecule has 0 saturated carbocycles. The quantitative estimate of drug-likeness (QED) is 0.694. The topological polar surface area (TPSA) is 40.5 Å². The molecule has 1 N–H and O–H groups in total. The van der Waals surface area contributed by atoms with E-state index < -0.39 is 0 Å². The summed E-state index contributed by atoms with van der Waals surface area (Å²) in [6.07, 6.45) is 4.78. The third kappa shape index (κ3) is 3.17. The zero-order chi connectivity index (χ0) is 10.4. The highest BCUT2D eigenvalue weighted by Gasteiger charge is 2.23. The van der Waals surface area contributed by atoms with Crippen LogP contribution < -0.4 is 0 Å². The number of aliphatic hydroxyl groups is 1. The highest BCUT2D eigenvalue weighted by molar-refractivity contribution is 7.80. The highest BCUT2D eigenvalue weighted by Crippen LogP contribution is 2.17. The molecule has 1 fully saturated rings. The third-order valence-electron chi connectivity index (χ3n) is 2.73. The first kappa shape index (κ1) is 11.9. The Morgan fingerprint density at radius 1 is 1.43 bits per heavy atom. The molecular weight excluding hydrogens is 198 g/mol. The summed E-state index contributed by atoms with van der Waals surface area (Å²) in [6, 6.07) is 0.0462. The number of thiol groups is 1. The molecule has 0 aromatic carbocycles. The van der Waals surface area contributed by atoms with E-state index in [0.29, 0.717) is 12.2 Å². The van der Waals surface area contributed by atoms with Gasteiger partial charge in [0.2, 0.25) is 5.91 Å². The summed E-state index contributed by atoms with van der Waals surface area (Å²) in [7, 11) is 0. The smallest absolute Gasteiger partial charge is 0.223 e. The summed E-state index contributed by atoms with van der Waals surface area (Å²) in [5.41, 5.74) is 0. The molecule has 1 heterocycles. The standard InChI is InChI=1S/C10H19NO2S/c12-8-9-4-2-1-3-6-11(9)10(13)5-7-14/h9,12,14H,1-8H2. The predicted octanol–water partition coefficient (Wildman–Crippen LogP) is 1.07. The summed E-state index contributed by atoms with van der Waals surface area (Å²) in [6.45, 7) is 0.899. The normalized spacial score (nSPS) is 23.3. The van der Waals surface area contributed by atoms with Crippen molar-refractivity contribution in [2.75, 3.05) is 18.9 Å². The Bertz CT molecular complexity index is 187. The maximum absolute atomic E-state index is 11.7. The maximum Gasteiger partial charge on any atom is 0.223 e. The summed E-state index contributed by atoms with van der Waals surface area (Å²) < 4.78 is 0. The van der Waals surface area contributed by atoms with Crippen molar-refractivity contribution in [1.82, 2.24) is 4.90 Å². The van der Waals surface area contributed by atoms with E-state index in [9.17, 15) is 9.90 Å². The molecule has 4 heteroatoms. The van der Waals surface area contributed by atoms with Gasteiger partial charge in [-0.1, -0.05) is 12.8 Å². The van der Waals surface area contributed by atoms with Gasteiger partial charge in [-0.05, 0) is 18.6 Å². The molecule has 0 aromatic heterocycles. The molecule has 0 aliphatic carbocycles. The lowest BCUT2D eigenvalue weighted by atomic mass is 10.1. The average Bonchev–Trinajstić information content (AvgIpc) is 2.42. The Morgan fingerprint density at radius 2 is 2.21 bits per heavy atom. The third-order valence-corrected chi connectivity index (χ3v) is 2.96. The lowest BCUT2D eigenvalue weighted by Gasteiger charge is -2.28. The van der Waals surface area contributed by atoms with Gasteiger partial charge < -0.3 is 10.0 Å². The molecule has 3 nitrogen and oxygen atoms in total. The van der Waals surface area contributed by atoms with Crippen LogP contribution in [-0.4, -0.2) is 40.9 Å². The molecule has 0 aromatic rings. The van der Waals surface area contributed by atoms with Gasteiger partial charge >= 0.3 is 0 Å². The van der Waals surface area contributed by atoms with Crippen molar-refractivity contribution in [3.8, 4) is 0 Å². The molecule has 1 aliphatic rings. The minimum Gasteiger partial charge on any atom is -0.394 e. The van der Waals surface area contributed by atoms with E-state index in [4.69, 9.17) is 0 Å². The van der Waals surface area contributed by atoms with Gasteiger partial charge in [0.1, 0.15) is 0 Å². The van der Waals surface area contributed by atoms with Crippen LogP contribution in [0.4, 0.5) is 0 Å². The van der Waals surface area contributed by atoms with Gasteiger partial charge in [0.15, 0.2) is 0 Å². The van der Waals surface area contributed by atoms with Crippen LogP contribution in [0.5, 0.6) is 0 Å². The number of nitrogens with zero attached hydrogens (tertiary/aromatic N) is 1. The molecule has 1 atom stereocenters. The van der Waals surface area contributed by atoms with Crippen molar-refractivity contribution < 1.29 is 9.90 Å². The molecule has 1 rings (SSSR count). The van der Waals surface area contributed by atoms with E-state index in [-0.39, 0.29) is 18.6 Å². The van der Waals surface area contributed by atoms with Gasteiger partial charge in [0.05, 0.1) is 12.6 Å². The Balaban J connectivity index is 2.55. The van der Waals surface area contributed by atoms with E-state index in [0.717, 1.165) is 25.8 Å². The first-order chi connectivity index (χ1) is 6.79. The van der Waals surface area contributed by atoms with E-state index >= 15 is 0 Å². The minimum atomic E-state index is 0.0462. The predicted molar refractivity (Wildman–Crippen MR) is 59.5 cm³/mol. The van der Waals surface area contributed by atoms with Gasteiger partial charge in [-0.15, -0.1) is 0 Å². The largest absolute Gasteiger partial charge is 0.394 e. The van der Waals surface area contributed by atoms with Crippen molar-refractivity contribution in [2.24, 2.45) is 0 Å². The molecule has 82 valence electrons. The highest BCUT2D eigenvalue weighted by atomic mass is 32.1. The molecular formula is C10H19NO2S. The molecule has 0 spiro atoms. The van der Waals surface area contributed by atoms with Gasteiger partial charge in [0, 0.05) is 13.0 Å². The maximum atomic E-state index is 11.7. The first-order valence-electron chi connectivity index (χ1n) is 5.30. The van der Waals surface area contributed by atoms with E-state index in [1.54, 1.807) is 0 Å². The fraction of sp³-hybridized carbons (Fsp3) is 0.900. The monoisotopic (exact) mass is 217 g/mol. The van der Waals surface area contributed by atoms with Gasteiger partial charge in [0.25, 0.3) is 0 Å². The van der Waals surface area contributed by atoms with Crippen LogP contribution in [0, 0.1) is 0 Å². The fourth-order valence-electron chi connectivity index (χ4n) is 1.93. The zero-order valence-corrected chi connectivity index (χ0v) is 9.38. The number of hydrogen-bond acceptors (Lipinski definition) is 3. The number of likely N-dealkylation sites (tertiary alicyclic amines) is 1. The van der Waals surface area contributed by atoms with Crippen LogP contribution in [0.2, 0.25) is 0 Å². The lowest BCUT2D eigenvalue weighted by Crippen LogP contribution is -2.42. The van der Waals surface area contributed by atoms with Crippen LogP contribution in [-0.2, 0) is 4.79 Å². The summed E-state index contributed by atoms with van der Waals surface area (Å²) >= 11 is 4.06. The fourth-order valence-corrected chi connectivity index (χ4v) is 2.13. The zero-order valence-electron chi connectivity index (χ0n) is 8.48. The van der Waals surface area contributed by atoms with Crippen LogP contribution in [0.1, 0.15) is 32.1 Å². The number of carbonyl (C=O) groups is 1. The van der Waals surface area contributed by atoms with Crippen LogP contribution in [0.15, 0.2) is 0 Å². The Hall–Kier alpha value is -0.220. The number of carbonyl (C=O) groups excluding carboxylic acids is 1. The second-order valence-corrected chi connectivity index (χ2v) is 4.19. The van der Waals surface area contributed by atoms with Crippen molar-refractivity contribution in [1.29, 1.82) is 0 Å². The van der Waals surface area contributed by atoms with Crippen molar-refractivity contribution >= 4 is 18.5 Å². The van der Waals surface area contributed by atoms with E-state index in [2.05, 4.69) is 12.6 Å². The van der Waals surface area contributed by atoms with Crippen molar-refractivity contribution in [3.05, 3.63) is 0 Å². The number of rotatable bonds is 3. The number of amides is 1. The summed E-state index contributed by atoms with van der Waals surface area (Å²) in [4.78, 5) is 13.5. The lowest BCUT2D eigenvalue weighted by molar-refractivity contribution is -0.133. The first-order valence-corrected chi connectivity index (χ1v) is 5.94. The van der Waals surface area contributed by atoms with Gasteiger partial charge in [-0.3, -0.25) is 4.79 Å². The number of hydrogen-bond donors (Lipinski definition) is 2. The van der Waals surface area contributed by atoms with E-state index in [1.165, 1.54) is 6.42 Å². The Kier molecular flexibility index (Phi) is 5.33. The average molecular weight is 217 g/mol. The SMILES string of the molecule is O=C(CCS)N1CCCCCC1CO. The summed E-state index contributed by atoms with van der Waals surface area (Å²) in [5.74, 6) is 0.731. The number of aliphatic hydroxyl groups excluding tert-OH is 1. The Morgan fingerprint density at radius 3 is 2.86 bits per heavy atom. The van der Waals surface area contributed by atoms with Crippen molar-refractivity contribution in [3.63, 3.8) is 0 Å². The second kappa shape index (κ2) is 6.30. The van der Waals surface area contributed by atoms with Crippen LogP contribution in [0.25, 0.3) is 0 Å². The van der Waals surface area contributed by atoms with Crippen molar-refractivity contribution in [2.45, 2.75) is 38.1 Å². The molecule has 0 radical (unpaired) electrons. The summed E-state index contributed by atoms with van der Waals surface area (Å²) in [5, 5.41) is 9.19. The minimum absolute atomic E-state index is 0.0462. The molecule has 1 unspecified atom stereocenters. The van der Waals surface area contributed by atoms with Crippen LogP contribution in [0.3, 0.4) is 0 Å². The molecule has 14 heavy (non-hydrogen) atoms.